The highest BCUT2D eigenvalue weighted by Gasteiger charge is 2.10. The van der Waals surface area contributed by atoms with Gasteiger partial charge in [-0.25, -0.2) is 8.42 Å². The third kappa shape index (κ3) is 2.24. The lowest BCUT2D eigenvalue weighted by atomic mass is 10.9. The molecule has 0 aliphatic carbocycles. The van der Waals surface area contributed by atoms with Gasteiger partial charge < -0.3 is 4.84 Å². The van der Waals surface area contributed by atoms with E-state index >= 15 is 0 Å². The van der Waals surface area contributed by atoms with E-state index in [1.807, 2.05) is 0 Å². The van der Waals surface area contributed by atoms with Crippen LogP contribution < -0.4 is 5.59 Å². The lowest BCUT2D eigenvalue weighted by Gasteiger charge is -2.10. The maximum absolute atomic E-state index is 10.6. The van der Waals surface area contributed by atoms with Gasteiger partial charge in [0.05, 0.1) is 6.20 Å². The summed E-state index contributed by atoms with van der Waals surface area (Å²) in [5.74, 6) is -0.0799. The largest absolute Gasteiger partial charge is 0.395 e. The minimum Gasteiger partial charge on any atom is -0.395 e. The van der Waals surface area contributed by atoms with E-state index in [0.717, 1.165) is 6.26 Å². The summed E-state index contributed by atoms with van der Waals surface area (Å²) in [4.78, 5) is 4.53. The van der Waals surface area contributed by atoms with Gasteiger partial charge in [0.15, 0.2) is 9.84 Å². The smallest absolute Gasteiger partial charge is 0.167 e. The van der Waals surface area contributed by atoms with E-state index in [9.17, 15) is 8.42 Å². The van der Waals surface area contributed by atoms with Crippen LogP contribution in [0.1, 0.15) is 0 Å². The van der Waals surface area contributed by atoms with Crippen molar-refractivity contribution in [2.75, 3.05) is 12.1 Å². The van der Waals surface area contributed by atoms with Crippen molar-refractivity contribution < 1.29 is 13.3 Å². The van der Waals surface area contributed by atoms with Crippen LogP contribution in [0.25, 0.3) is 0 Å². The van der Waals surface area contributed by atoms with Crippen molar-refractivity contribution >= 4 is 9.84 Å². The quantitative estimate of drug-likeness (QED) is 0.579. The molecule has 0 saturated carbocycles. The van der Waals surface area contributed by atoms with Crippen LogP contribution in [0, 0.1) is 0 Å². The monoisotopic (exact) mass is 164 g/mol. The normalized spacial score (nSPS) is 17.5. The average molecular weight is 164 g/mol. The molecule has 1 heterocycles. The van der Waals surface area contributed by atoms with Gasteiger partial charge in [-0.05, 0) is 0 Å². The van der Waals surface area contributed by atoms with E-state index in [-0.39, 0.29) is 5.88 Å². The Bertz CT molecular complexity index is 233. The molecule has 1 aliphatic heterocycles. The van der Waals surface area contributed by atoms with E-state index in [2.05, 4.69) is 10.4 Å². The van der Waals surface area contributed by atoms with Crippen molar-refractivity contribution in [2.45, 2.75) is 0 Å². The predicted molar refractivity (Wildman–Crippen MR) is 34.9 cm³/mol. The Labute approximate surface area is 59.1 Å². The molecule has 0 aromatic heterocycles. The molecule has 1 aliphatic rings. The van der Waals surface area contributed by atoms with Crippen LogP contribution in [0.5, 0.6) is 0 Å². The minimum absolute atomic E-state index is 0.0799. The highest BCUT2D eigenvalue weighted by Crippen LogP contribution is 1.96. The van der Waals surface area contributed by atoms with Crippen LogP contribution >= 0.6 is 0 Å². The van der Waals surface area contributed by atoms with Crippen LogP contribution in [0.15, 0.2) is 12.5 Å². The number of nitrogens with zero attached hydrogens (tertiary/aromatic N) is 1. The number of hydrazine groups is 1. The van der Waals surface area contributed by atoms with Crippen molar-refractivity contribution in [1.29, 1.82) is 0 Å². The number of sulfone groups is 1. The van der Waals surface area contributed by atoms with Crippen molar-refractivity contribution in [1.82, 2.24) is 10.6 Å². The zero-order valence-electron chi connectivity index (χ0n) is 5.44. The Balaban J connectivity index is 2.47. The molecule has 0 spiro atoms. The fraction of sp³-hybridized carbons (Fsp3) is 0.500. The third-order valence-corrected chi connectivity index (χ3v) is 1.60. The number of rotatable bonds is 2. The molecule has 0 saturated heterocycles. The van der Waals surface area contributed by atoms with Gasteiger partial charge in [0.1, 0.15) is 12.1 Å². The molecule has 0 amide bonds. The summed E-state index contributed by atoms with van der Waals surface area (Å²) < 4.78 is 21.2. The molecule has 1 N–H and O–H groups in total. The van der Waals surface area contributed by atoms with Crippen molar-refractivity contribution in [3.8, 4) is 0 Å². The van der Waals surface area contributed by atoms with Gasteiger partial charge in [0.25, 0.3) is 0 Å². The molecule has 0 bridgehead atoms. The standard InChI is InChI=1S/C4H8N2O3S/c1-10(7,8)4-6-2-3-9-5-6/h2-3,5H,4H2,1H3. The first-order valence-electron chi connectivity index (χ1n) is 2.60. The van der Waals surface area contributed by atoms with Gasteiger partial charge >= 0.3 is 0 Å². The van der Waals surface area contributed by atoms with Gasteiger partial charge in [0.2, 0.25) is 0 Å². The summed E-state index contributed by atoms with van der Waals surface area (Å²) in [7, 11) is -2.98. The Morgan fingerprint density at radius 2 is 2.40 bits per heavy atom. The lowest BCUT2D eigenvalue weighted by molar-refractivity contribution is 0.0472. The Morgan fingerprint density at radius 3 is 2.80 bits per heavy atom. The number of nitrogens with one attached hydrogen (secondary N) is 1. The maximum atomic E-state index is 10.6. The molecule has 6 heteroatoms. The van der Waals surface area contributed by atoms with Gasteiger partial charge in [-0.2, -0.15) is 0 Å². The molecule has 0 aromatic carbocycles. The topological polar surface area (TPSA) is 58.6 Å². The Hall–Kier alpha value is -0.750. The molecule has 0 atom stereocenters. The summed E-state index contributed by atoms with van der Waals surface area (Å²) in [6.07, 6.45) is 4.02. The molecule has 0 aromatic rings. The molecular weight excluding hydrogens is 156 g/mol. The second kappa shape index (κ2) is 2.47. The summed E-state index contributed by atoms with van der Waals surface area (Å²) in [5, 5.41) is 1.33. The fourth-order valence-electron chi connectivity index (χ4n) is 0.554. The van der Waals surface area contributed by atoms with E-state index in [4.69, 9.17) is 0 Å². The van der Waals surface area contributed by atoms with E-state index < -0.39 is 9.84 Å². The van der Waals surface area contributed by atoms with E-state index in [0.29, 0.717) is 0 Å². The maximum Gasteiger partial charge on any atom is 0.167 e. The molecule has 5 nitrogen and oxygen atoms in total. The van der Waals surface area contributed by atoms with Gasteiger partial charge in [0, 0.05) is 6.26 Å². The zero-order valence-corrected chi connectivity index (χ0v) is 6.26. The van der Waals surface area contributed by atoms with Crippen molar-refractivity contribution in [3.05, 3.63) is 12.5 Å². The molecule has 10 heavy (non-hydrogen) atoms. The third-order valence-electron chi connectivity index (χ3n) is 0.852. The highest BCUT2D eigenvalue weighted by molar-refractivity contribution is 7.90. The van der Waals surface area contributed by atoms with Crippen LogP contribution in [-0.4, -0.2) is 25.6 Å². The van der Waals surface area contributed by atoms with Gasteiger partial charge in [-0.1, -0.05) is 5.59 Å². The first-order valence-corrected chi connectivity index (χ1v) is 4.66. The van der Waals surface area contributed by atoms with Crippen LogP contribution in [-0.2, 0) is 14.7 Å². The lowest BCUT2D eigenvalue weighted by Crippen LogP contribution is -2.32. The van der Waals surface area contributed by atoms with Crippen LogP contribution in [0.4, 0.5) is 0 Å². The van der Waals surface area contributed by atoms with Crippen LogP contribution in [0.2, 0.25) is 0 Å². The van der Waals surface area contributed by atoms with Crippen LogP contribution in [0.3, 0.4) is 0 Å². The van der Waals surface area contributed by atoms with Crippen molar-refractivity contribution in [2.24, 2.45) is 0 Å². The first kappa shape index (κ1) is 7.36. The zero-order chi connectivity index (χ0) is 7.61. The molecule has 0 unspecified atom stereocenters. The summed E-state index contributed by atoms with van der Waals surface area (Å²) >= 11 is 0. The van der Waals surface area contributed by atoms with E-state index in [1.54, 1.807) is 0 Å². The summed E-state index contributed by atoms with van der Waals surface area (Å²) in [6.45, 7) is 0. The second-order valence-corrected chi connectivity index (χ2v) is 4.13. The second-order valence-electron chi connectivity index (χ2n) is 2.02. The van der Waals surface area contributed by atoms with Gasteiger partial charge in [-0.3, -0.25) is 5.01 Å². The van der Waals surface area contributed by atoms with E-state index in [1.165, 1.54) is 17.5 Å². The predicted octanol–water partition coefficient (Wildman–Crippen LogP) is -0.788. The summed E-state index contributed by atoms with van der Waals surface area (Å²) in [5.41, 5.74) is 2.36. The minimum atomic E-state index is -2.98. The molecule has 1 rings (SSSR count). The Morgan fingerprint density at radius 1 is 1.70 bits per heavy atom. The van der Waals surface area contributed by atoms with Gasteiger partial charge in [-0.15, -0.1) is 0 Å². The molecule has 58 valence electrons. The molecular formula is C4H8N2O3S. The van der Waals surface area contributed by atoms with Crippen molar-refractivity contribution in [3.63, 3.8) is 0 Å². The molecule has 0 fully saturated rings. The average Bonchev–Trinajstić information content (AvgIpc) is 2.12. The highest BCUT2D eigenvalue weighted by atomic mass is 32.2. The number of hydrogen-bond acceptors (Lipinski definition) is 5. The summed E-state index contributed by atoms with van der Waals surface area (Å²) in [6, 6.07) is 0. The fourth-order valence-corrected chi connectivity index (χ4v) is 1.20. The first-order chi connectivity index (χ1) is 4.58. The number of hydrogen-bond donors (Lipinski definition) is 1. The SMILES string of the molecule is CS(=O)(=O)CN1C=CON1. The Kier molecular flexibility index (Phi) is 1.82. The molecule has 0 radical (unpaired) electrons.